The molecule has 0 aromatic heterocycles. The summed E-state index contributed by atoms with van der Waals surface area (Å²) in [5.74, 6) is 1.74. The summed E-state index contributed by atoms with van der Waals surface area (Å²) in [4.78, 5) is 9.47. The number of nitrogens with one attached hydrogen (secondary N) is 2. The van der Waals surface area contributed by atoms with Crippen molar-refractivity contribution in [1.82, 2.24) is 20.4 Å². The van der Waals surface area contributed by atoms with Crippen LogP contribution in [0.2, 0.25) is 0 Å². The number of nitrogens with zero attached hydrogens (tertiary/aromatic N) is 3. The van der Waals surface area contributed by atoms with E-state index in [2.05, 4.69) is 57.5 Å². The zero-order chi connectivity index (χ0) is 22.3. The number of hydrogen-bond acceptors (Lipinski definition) is 5. The molecule has 1 aromatic carbocycles. The van der Waals surface area contributed by atoms with E-state index in [1.54, 1.807) is 0 Å². The first-order valence-corrected chi connectivity index (χ1v) is 11.9. The molecule has 31 heavy (non-hydrogen) atoms. The minimum atomic E-state index is 0.560. The first-order chi connectivity index (χ1) is 15.2. The molecular weight excluding hydrogens is 390 g/mol. The molecule has 1 saturated heterocycles. The van der Waals surface area contributed by atoms with Crippen LogP contribution < -0.4 is 15.4 Å². The van der Waals surface area contributed by atoms with Crippen molar-refractivity contribution in [2.75, 3.05) is 72.7 Å². The Labute approximate surface area is 189 Å². The molecular formula is C24H43N5O2. The Hall–Kier alpha value is -1.83. The molecule has 176 valence electrons. The van der Waals surface area contributed by atoms with Gasteiger partial charge in [0.15, 0.2) is 5.96 Å². The third kappa shape index (κ3) is 9.89. The van der Waals surface area contributed by atoms with Gasteiger partial charge in [-0.05, 0) is 51.4 Å². The van der Waals surface area contributed by atoms with Gasteiger partial charge >= 0.3 is 0 Å². The first kappa shape index (κ1) is 25.4. The smallest absolute Gasteiger partial charge is 0.191 e. The quantitative estimate of drug-likeness (QED) is 0.283. The van der Waals surface area contributed by atoms with Gasteiger partial charge in [-0.3, -0.25) is 4.99 Å². The molecule has 1 aliphatic rings. The van der Waals surface area contributed by atoms with Crippen LogP contribution in [-0.4, -0.2) is 88.4 Å². The van der Waals surface area contributed by atoms with Crippen molar-refractivity contribution in [3.05, 3.63) is 29.3 Å². The molecule has 0 radical (unpaired) electrons. The lowest BCUT2D eigenvalue weighted by atomic mass is 10.1. The lowest BCUT2D eigenvalue weighted by molar-refractivity contribution is 0.110. The Morgan fingerprint density at radius 1 is 1.03 bits per heavy atom. The number of rotatable bonds is 13. The van der Waals surface area contributed by atoms with Crippen molar-refractivity contribution < 1.29 is 9.47 Å². The van der Waals surface area contributed by atoms with Gasteiger partial charge in [0.05, 0.1) is 6.61 Å². The second-order valence-electron chi connectivity index (χ2n) is 7.99. The monoisotopic (exact) mass is 433 g/mol. The van der Waals surface area contributed by atoms with E-state index in [1.807, 2.05) is 14.0 Å². The van der Waals surface area contributed by atoms with Gasteiger partial charge in [0, 0.05) is 58.5 Å². The molecule has 0 bridgehead atoms. The number of hydrogen-bond donors (Lipinski definition) is 2. The molecule has 0 unspecified atom stereocenters. The van der Waals surface area contributed by atoms with Crippen molar-refractivity contribution in [2.24, 2.45) is 4.99 Å². The van der Waals surface area contributed by atoms with E-state index in [4.69, 9.17) is 9.47 Å². The van der Waals surface area contributed by atoms with Crippen LogP contribution in [0, 0.1) is 6.92 Å². The maximum absolute atomic E-state index is 5.94. The van der Waals surface area contributed by atoms with Crippen molar-refractivity contribution in [3.8, 4) is 5.75 Å². The highest BCUT2D eigenvalue weighted by atomic mass is 16.5. The molecule has 0 saturated carbocycles. The Morgan fingerprint density at radius 2 is 1.81 bits per heavy atom. The maximum atomic E-state index is 5.94. The fourth-order valence-electron chi connectivity index (χ4n) is 3.69. The molecule has 0 spiro atoms. The summed E-state index contributed by atoms with van der Waals surface area (Å²) in [5.41, 5.74) is 2.31. The highest BCUT2D eigenvalue weighted by Crippen LogP contribution is 2.20. The standard InChI is InChI=1S/C24H43N5O2/c1-5-28-13-15-29(16-14-28)12-8-7-11-26-24(25-4)27-20-22-10-9-21(3)19-23(22)31-18-17-30-6-2/h9-10,19H,5-8,11-18,20H2,1-4H3,(H2,25,26,27). The van der Waals surface area contributed by atoms with Gasteiger partial charge in [0.1, 0.15) is 12.4 Å². The van der Waals surface area contributed by atoms with Crippen LogP contribution in [0.5, 0.6) is 5.75 Å². The Morgan fingerprint density at radius 3 is 2.52 bits per heavy atom. The Balaban J connectivity index is 1.66. The van der Waals surface area contributed by atoms with Crippen LogP contribution in [-0.2, 0) is 11.3 Å². The predicted octanol–water partition coefficient (Wildman–Crippen LogP) is 2.49. The van der Waals surface area contributed by atoms with Crippen LogP contribution >= 0.6 is 0 Å². The van der Waals surface area contributed by atoms with Crippen molar-refractivity contribution in [2.45, 2.75) is 40.2 Å². The summed E-state index contributed by atoms with van der Waals surface area (Å²) in [5, 5.41) is 6.85. The second kappa shape index (κ2) is 15.1. The summed E-state index contributed by atoms with van der Waals surface area (Å²) >= 11 is 0. The number of likely N-dealkylation sites (N-methyl/N-ethyl adjacent to an activating group) is 1. The molecule has 7 heteroatoms. The summed E-state index contributed by atoms with van der Waals surface area (Å²) in [6.45, 7) is 17.0. The summed E-state index contributed by atoms with van der Waals surface area (Å²) in [6, 6.07) is 6.31. The van der Waals surface area contributed by atoms with Gasteiger partial charge in [-0.2, -0.15) is 0 Å². The third-order valence-corrected chi connectivity index (χ3v) is 5.69. The van der Waals surface area contributed by atoms with E-state index in [0.29, 0.717) is 26.4 Å². The van der Waals surface area contributed by atoms with Gasteiger partial charge in [0.2, 0.25) is 0 Å². The average molecular weight is 434 g/mol. The summed E-state index contributed by atoms with van der Waals surface area (Å²) in [7, 11) is 1.82. The van der Waals surface area contributed by atoms with Crippen LogP contribution in [0.25, 0.3) is 0 Å². The summed E-state index contributed by atoms with van der Waals surface area (Å²) in [6.07, 6.45) is 2.36. The van der Waals surface area contributed by atoms with Gasteiger partial charge < -0.3 is 29.9 Å². The molecule has 1 fully saturated rings. The van der Waals surface area contributed by atoms with E-state index in [9.17, 15) is 0 Å². The van der Waals surface area contributed by atoms with Crippen LogP contribution in [0.3, 0.4) is 0 Å². The zero-order valence-corrected chi connectivity index (χ0v) is 20.1. The average Bonchev–Trinajstić information content (AvgIpc) is 2.80. The highest BCUT2D eigenvalue weighted by molar-refractivity contribution is 5.79. The molecule has 0 amide bonds. The van der Waals surface area contributed by atoms with Gasteiger partial charge in [-0.25, -0.2) is 0 Å². The highest BCUT2D eigenvalue weighted by Gasteiger charge is 2.14. The topological polar surface area (TPSA) is 61.4 Å². The lowest BCUT2D eigenvalue weighted by Gasteiger charge is -2.34. The SMILES string of the molecule is CCOCCOc1cc(C)ccc1CNC(=NC)NCCCCN1CCN(CC)CC1. The molecule has 0 atom stereocenters. The van der Waals surface area contributed by atoms with E-state index in [-0.39, 0.29) is 0 Å². The minimum absolute atomic E-state index is 0.560. The number of guanidine groups is 1. The van der Waals surface area contributed by atoms with Crippen LogP contribution in [0.15, 0.2) is 23.2 Å². The van der Waals surface area contributed by atoms with E-state index < -0.39 is 0 Å². The first-order valence-electron chi connectivity index (χ1n) is 11.9. The maximum Gasteiger partial charge on any atom is 0.191 e. The molecule has 2 N–H and O–H groups in total. The van der Waals surface area contributed by atoms with E-state index in [1.165, 1.54) is 51.3 Å². The van der Waals surface area contributed by atoms with E-state index in [0.717, 1.165) is 30.2 Å². The number of aliphatic imine (C=N–C) groups is 1. The minimum Gasteiger partial charge on any atom is -0.491 e. The summed E-state index contributed by atoms with van der Waals surface area (Å²) < 4.78 is 11.3. The number of unbranched alkanes of at least 4 members (excludes halogenated alkanes) is 1. The zero-order valence-electron chi connectivity index (χ0n) is 20.1. The van der Waals surface area contributed by atoms with Crippen molar-refractivity contribution in [1.29, 1.82) is 0 Å². The van der Waals surface area contributed by atoms with Crippen LogP contribution in [0.4, 0.5) is 0 Å². The lowest BCUT2D eigenvalue weighted by Crippen LogP contribution is -2.46. The largest absolute Gasteiger partial charge is 0.491 e. The number of aryl methyl sites for hydroxylation is 1. The Bertz CT molecular complexity index is 645. The fraction of sp³-hybridized carbons (Fsp3) is 0.708. The molecule has 7 nitrogen and oxygen atoms in total. The predicted molar refractivity (Wildman–Crippen MR) is 129 cm³/mol. The molecule has 1 aromatic rings. The fourth-order valence-corrected chi connectivity index (χ4v) is 3.69. The van der Waals surface area contributed by atoms with Gasteiger partial charge in [-0.1, -0.05) is 19.1 Å². The van der Waals surface area contributed by atoms with Gasteiger partial charge in [-0.15, -0.1) is 0 Å². The molecule has 0 aliphatic carbocycles. The van der Waals surface area contributed by atoms with Crippen LogP contribution in [0.1, 0.15) is 37.8 Å². The van der Waals surface area contributed by atoms with Crippen molar-refractivity contribution in [3.63, 3.8) is 0 Å². The molecule has 2 rings (SSSR count). The second-order valence-corrected chi connectivity index (χ2v) is 7.99. The van der Waals surface area contributed by atoms with E-state index >= 15 is 0 Å². The number of piperazine rings is 1. The Kier molecular flexibility index (Phi) is 12.3. The number of ether oxygens (including phenoxy) is 2. The van der Waals surface area contributed by atoms with Crippen molar-refractivity contribution >= 4 is 5.96 Å². The van der Waals surface area contributed by atoms with Gasteiger partial charge in [0.25, 0.3) is 0 Å². The normalized spacial score (nSPS) is 15.8. The third-order valence-electron chi connectivity index (χ3n) is 5.69. The molecule has 1 heterocycles. The number of benzene rings is 1. The molecule has 1 aliphatic heterocycles.